The molecule has 0 radical (unpaired) electrons. The third kappa shape index (κ3) is 6.73. The first-order valence-electron chi connectivity index (χ1n) is 6.82. The topological polar surface area (TPSA) is 46.3 Å². The summed E-state index contributed by atoms with van der Waals surface area (Å²) in [5.74, 6) is 0.218. The second-order valence-corrected chi connectivity index (χ2v) is 5.74. The quantitative estimate of drug-likeness (QED) is 0.745. The molecule has 1 amide bonds. The van der Waals surface area contributed by atoms with Crippen molar-refractivity contribution in [1.82, 2.24) is 4.90 Å². The van der Waals surface area contributed by atoms with Gasteiger partial charge in [0.05, 0.1) is 0 Å². The molecular weight excluding hydrogens is 304 g/mol. The van der Waals surface area contributed by atoms with E-state index in [0.717, 1.165) is 42.3 Å². The highest BCUT2D eigenvalue weighted by atomic mass is 79.9. The molecule has 0 spiro atoms. The van der Waals surface area contributed by atoms with Gasteiger partial charge in [0.15, 0.2) is 0 Å². The van der Waals surface area contributed by atoms with Crippen LogP contribution < -0.4 is 5.73 Å². The van der Waals surface area contributed by atoms with Crippen molar-refractivity contribution in [3.63, 3.8) is 0 Å². The van der Waals surface area contributed by atoms with E-state index in [1.807, 2.05) is 31.3 Å². The summed E-state index contributed by atoms with van der Waals surface area (Å²) >= 11 is 3.41. The van der Waals surface area contributed by atoms with Gasteiger partial charge in [0.1, 0.15) is 0 Å². The van der Waals surface area contributed by atoms with Crippen LogP contribution in [0.4, 0.5) is 0 Å². The van der Waals surface area contributed by atoms with Gasteiger partial charge in [-0.25, -0.2) is 0 Å². The maximum Gasteiger partial charge on any atom is 0.222 e. The zero-order valence-corrected chi connectivity index (χ0v) is 13.2. The fourth-order valence-electron chi connectivity index (χ4n) is 1.92. The van der Waals surface area contributed by atoms with Crippen molar-refractivity contribution in [2.24, 2.45) is 5.73 Å². The van der Waals surface area contributed by atoms with Gasteiger partial charge in [0.25, 0.3) is 0 Å². The molecule has 0 atom stereocenters. The standard InChI is InChI=1S/C15H23BrN2O/c1-18(12-13-7-9-14(16)10-8-13)15(19)6-4-2-3-5-11-17/h7-10H,2-6,11-12,17H2,1H3. The van der Waals surface area contributed by atoms with Crippen LogP contribution in [0.25, 0.3) is 0 Å². The first-order chi connectivity index (χ1) is 9.13. The summed E-state index contributed by atoms with van der Waals surface area (Å²) in [5, 5.41) is 0. The van der Waals surface area contributed by atoms with E-state index in [2.05, 4.69) is 15.9 Å². The van der Waals surface area contributed by atoms with E-state index in [1.54, 1.807) is 4.90 Å². The Morgan fingerprint density at radius 3 is 2.42 bits per heavy atom. The van der Waals surface area contributed by atoms with Crippen molar-refractivity contribution in [3.05, 3.63) is 34.3 Å². The first-order valence-corrected chi connectivity index (χ1v) is 7.61. The lowest BCUT2D eigenvalue weighted by atomic mass is 10.1. The van der Waals surface area contributed by atoms with Gasteiger partial charge >= 0.3 is 0 Å². The molecule has 0 fully saturated rings. The number of unbranched alkanes of at least 4 members (excludes halogenated alkanes) is 3. The van der Waals surface area contributed by atoms with Gasteiger partial charge in [-0.3, -0.25) is 4.79 Å². The molecule has 0 aliphatic heterocycles. The molecule has 19 heavy (non-hydrogen) atoms. The minimum absolute atomic E-state index is 0.218. The summed E-state index contributed by atoms with van der Waals surface area (Å²) in [7, 11) is 1.87. The Hall–Kier alpha value is -0.870. The molecule has 1 aromatic rings. The molecule has 0 heterocycles. The number of benzene rings is 1. The number of amides is 1. The van der Waals surface area contributed by atoms with Gasteiger partial charge < -0.3 is 10.6 Å². The van der Waals surface area contributed by atoms with E-state index in [0.29, 0.717) is 13.0 Å². The fourth-order valence-corrected chi connectivity index (χ4v) is 2.18. The Labute approximate surface area is 124 Å². The summed E-state index contributed by atoms with van der Waals surface area (Å²) in [5.41, 5.74) is 6.59. The number of rotatable bonds is 8. The molecule has 0 unspecified atom stereocenters. The summed E-state index contributed by atoms with van der Waals surface area (Å²) in [6.07, 6.45) is 4.87. The SMILES string of the molecule is CN(Cc1ccc(Br)cc1)C(=O)CCCCCCN. The molecule has 1 aromatic carbocycles. The lowest BCUT2D eigenvalue weighted by Crippen LogP contribution is -2.25. The lowest BCUT2D eigenvalue weighted by molar-refractivity contribution is -0.130. The summed E-state index contributed by atoms with van der Waals surface area (Å²) in [6, 6.07) is 8.07. The van der Waals surface area contributed by atoms with Crippen LogP contribution in [0, 0.1) is 0 Å². The van der Waals surface area contributed by atoms with Gasteiger partial charge in [0, 0.05) is 24.5 Å². The molecule has 1 rings (SSSR count). The normalized spacial score (nSPS) is 10.5. The fraction of sp³-hybridized carbons (Fsp3) is 0.533. The second-order valence-electron chi connectivity index (χ2n) is 4.83. The summed E-state index contributed by atoms with van der Waals surface area (Å²) < 4.78 is 1.06. The number of hydrogen-bond donors (Lipinski definition) is 1. The molecular formula is C15H23BrN2O. The van der Waals surface area contributed by atoms with Crippen LogP contribution >= 0.6 is 15.9 Å². The van der Waals surface area contributed by atoms with Crippen LogP contribution in [-0.2, 0) is 11.3 Å². The Morgan fingerprint density at radius 2 is 1.79 bits per heavy atom. The van der Waals surface area contributed by atoms with Crippen molar-refractivity contribution in [2.75, 3.05) is 13.6 Å². The Morgan fingerprint density at radius 1 is 1.16 bits per heavy atom. The van der Waals surface area contributed by atoms with Crippen LogP contribution in [0.2, 0.25) is 0 Å². The van der Waals surface area contributed by atoms with Crippen molar-refractivity contribution < 1.29 is 4.79 Å². The van der Waals surface area contributed by atoms with Crippen LogP contribution in [0.15, 0.2) is 28.7 Å². The van der Waals surface area contributed by atoms with E-state index in [4.69, 9.17) is 5.73 Å². The van der Waals surface area contributed by atoms with Crippen LogP contribution in [-0.4, -0.2) is 24.4 Å². The predicted octanol–water partition coefficient (Wildman–Crippen LogP) is 3.32. The maximum atomic E-state index is 11.9. The third-order valence-corrected chi connectivity index (χ3v) is 3.63. The molecule has 0 saturated heterocycles. The van der Waals surface area contributed by atoms with Crippen LogP contribution in [0.5, 0.6) is 0 Å². The van der Waals surface area contributed by atoms with E-state index < -0.39 is 0 Å². The van der Waals surface area contributed by atoms with Crippen LogP contribution in [0.1, 0.15) is 37.7 Å². The minimum atomic E-state index is 0.218. The number of halogens is 1. The maximum absolute atomic E-state index is 11.9. The zero-order chi connectivity index (χ0) is 14.1. The summed E-state index contributed by atoms with van der Waals surface area (Å²) in [6.45, 7) is 1.42. The highest BCUT2D eigenvalue weighted by molar-refractivity contribution is 9.10. The second kappa shape index (κ2) is 9.10. The van der Waals surface area contributed by atoms with Crippen molar-refractivity contribution in [3.8, 4) is 0 Å². The number of nitrogens with zero attached hydrogens (tertiary/aromatic N) is 1. The molecule has 0 bridgehead atoms. The lowest BCUT2D eigenvalue weighted by Gasteiger charge is -2.17. The Bertz CT molecular complexity index is 378. The van der Waals surface area contributed by atoms with Gasteiger partial charge in [-0.2, -0.15) is 0 Å². The largest absolute Gasteiger partial charge is 0.341 e. The highest BCUT2D eigenvalue weighted by Crippen LogP contribution is 2.12. The van der Waals surface area contributed by atoms with Gasteiger partial charge in [-0.15, -0.1) is 0 Å². The zero-order valence-electron chi connectivity index (χ0n) is 11.6. The Kier molecular flexibility index (Phi) is 7.75. The van der Waals surface area contributed by atoms with Gasteiger partial charge in [0.2, 0.25) is 5.91 Å². The molecule has 2 N–H and O–H groups in total. The van der Waals surface area contributed by atoms with E-state index >= 15 is 0 Å². The molecule has 0 aromatic heterocycles. The van der Waals surface area contributed by atoms with Gasteiger partial charge in [-0.1, -0.05) is 40.9 Å². The molecule has 0 saturated carbocycles. The molecule has 0 aliphatic rings. The van der Waals surface area contributed by atoms with Crippen LogP contribution in [0.3, 0.4) is 0 Å². The van der Waals surface area contributed by atoms with E-state index in [-0.39, 0.29) is 5.91 Å². The first kappa shape index (κ1) is 16.2. The smallest absolute Gasteiger partial charge is 0.222 e. The molecule has 3 nitrogen and oxygen atoms in total. The number of carbonyl (C=O) groups is 1. The predicted molar refractivity (Wildman–Crippen MR) is 82.8 cm³/mol. The molecule has 106 valence electrons. The van der Waals surface area contributed by atoms with Gasteiger partial charge in [-0.05, 0) is 37.1 Å². The third-order valence-electron chi connectivity index (χ3n) is 3.10. The number of nitrogens with two attached hydrogens (primary N) is 1. The summed E-state index contributed by atoms with van der Waals surface area (Å²) in [4.78, 5) is 13.7. The number of carbonyl (C=O) groups excluding carboxylic acids is 1. The molecule has 0 aliphatic carbocycles. The monoisotopic (exact) mass is 326 g/mol. The number of hydrogen-bond acceptors (Lipinski definition) is 2. The Balaban J connectivity index is 2.26. The van der Waals surface area contributed by atoms with E-state index in [9.17, 15) is 4.79 Å². The average molecular weight is 327 g/mol. The highest BCUT2D eigenvalue weighted by Gasteiger charge is 2.08. The van der Waals surface area contributed by atoms with Crippen molar-refractivity contribution in [1.29, 1.82) is 0 Å². The minimum Gasteiger partial charge on any atom is -0.341 e. The van der Waals surface area contributed by atoms with Crippen molar-refractivity contribution >= 4 is 21.8 Å². The van der Waals surface area contributed by atoms with E-state index in [1.165, 1.54) is 0 Å². The van der Waals surface area contributed by atoms with Crippen molar-refractivity contribution in [2.45, 2.75) is 38.6 Å². The molecule has 4 heteroatoms. The average Bonchev–Trinajstić information content (AvgIpc) is 2.41.